The Balaban J connectivity index is 1.12. The largest absolute Gasteiger partial charge is 0.497 e. The zero-order chi connectivity index (χ0) is 33.9. The van der Waals surface area contributed by atoms with Crippen molar-refractivity contribution in [3.63, 3.8) is 0 Å². The van der Waals surface area contributed by atoms with Crippen molar-refractivity contribution in [2.45, 2.75) is 76.0 Å². The van der Waals surface area contributed by atoms with Gasteiger partial charge in [-0.15, -0.1) is 0 Å². The van der Waals surface area contributed by atoms with Gasteiger partial charge >= 0.3 is 6.03 Å². The minimum absolute atomic E-state index is 0.0342. The second kappa shape index (κ2) is 14.4. The quantitative estimate of drug-likeness (QED) is 0.209. The molecule has 0 bridgehead atoms. The van der Waals surface area contributed by atoms with Crippen molar-refractivity contribution in [2.75, 3.05) is 39.0 Å². The average molecular weight is 680 g/mol. The first kappa shape index (κ1) is 33.6. The number of nitrogen functional groups attached to an aromatic ring is 1. The number of methoxy groups -OCH3 is 3. The number of hydrogen-bond donors (Lipinski definition) is 2. The first-order chi connectivity index (χ1) is 23.2. The van der Waals surface area contributed by atoms with E-state index in [1.807, 2.05) is 36.3 Å². The molecule has 1 aromatic carbocycles. The number of benzene rings is 1. The molecule has 4 aromatic rings. The molecule has 0 aliphatic heterocycles. The molecule has 0 radical (unpaired) electrons. The summed E-state index contributed by atoms with van der Waals surface area (Å²) in [6.45, 7) is 0.752. The Morgan fingerprint density at radius 1 is 1.12 bits per heavy atom. The molecule has 1 amide bonds. The number of hydrogen-bond acceptors (Lipinski definition) is 10. The van der Waals surface area contributed by atoms with Gasteiger partial charge < -0.3 is 39.5 Å². The molecule has 2 saturated carbocycles. The molecule has 0 spiro atoms. The molecular formula is C34H42ClN7O6. The summed E-state index contributed by atoms with van der Waals surface area (Å²) in [4.78, 5) is 37.3. The van der Waals surface area contributed by atoms with Gasteiger partial charge in [0.1, 0.15) is 28.5 Å². The van der Waals surface area contributed by atoms with Crippen LogP contribution in [0.25, 0.3) is 11.2 Å². The van der Waals surface area contributed by atoms with Crippen molar-refractivity contribution in [2.24, 2.45) is 0 Å². The molecule has 3 N–H and O–H groups in total. The van der Waals surface area contributed by atoms with Crippen molar-refractivity contribution < 1.29 is 23.7 Å². The number of fused-ring (bicyclic) bond motifs is 1. The van der Waals surface area contributed by atoms with E-state index in [2.05, 4.69) is 15.3 Å². The number of anilines is 2. The van der Waals surface area contributed by atoms with Gasteiger partial charge in [-0.1, -0.05) is 11.6 Å². The molecule has 3 heterocycles. The van der Waals surface area contributed by atoms with Crippen molar-refractivity contribution in [1.82, 2.24) is 24.4 Å². The zero-order valence-electron chi connectivity index (χ0n) is 27.6. The molecule has 48 heavy (non-hydrogen) atoms. The summed E-state index contributed by atoms with van der Waals surface area (Å²) in [7, 11) is 6.85. The van der Waals surface area contributed by atoms with E-state index in [9.17, 15) is 9.59 Å². The second-order valence-electron chi connectivity index (χ2n) is 12.5. The van der Waals surface area contributed by atoms with Crippen LogP contribution >= 0.6 is 11.6 Å². The molecule has 6 rings (SSSR count). The molecule has 2 unspecified atom stereocenters. The molecule has 13 nitrogen and oxygen atoms in total. The molecular weight excluding hydrogens is 638 g/mol. The van der Waals surface area contributed by atoms with Crippen LogP contribution in [-0.4, -0.2) is 71.8 Å². The lowest BCUT2D eigenvalue weighted by molar-refractivity contribution is -0.0325. The van der Waals surface area contributed by atoms with E-state index >= 15 is 0 Å². The number of nitrogens with two attached hydrogens (primary N) is 1. The highest BCUT2D eigenvalue weighted by Crippen LogP contribution is 2.33. The number of rotatable bonds is 11. The maximum absolute atomic E-state index is 13.5. The van der Waals surface area contributed by atoms with Gasteiger partial charge in [0.15, 0.2) is 5.65 Å². The molecule has 14 heteroatoms. The number of nitrogens with zero attached hydrogens (tertiary/aromatic N) is 5. The first-order valence-corrected chi connectivity index (χ1v) is 16.5. The fourth-order valence-corrected chi connectivity index (χ4v) is 6.78. The van der Waals surface area contributed by atoms with E-state index in [4.69, 9.17) is 36.3 Å². The summed E-state index contributed by atoms with van der Waals surface area (Å²) >= 11 is 6.46. The van der Waals surface area contributed by atoms with E-state index in [1.54, 1.807) is 38.0 Å². The van der Waals surface area contributed by atoms with Crippen LogP contribution in [0.3, 0.4) is 0 Å². The van der Waals surface area contributed by atoms with Crippen molar-refractivity contribution >= 4 is 40.2 Å². The molecule has 2 aliphatic rings. The first-order valence-electron chi connectivity index (χ1n) is 16.1. The number of pyridine rings is 2. The van der Waals surface area contributed by atoms with Gasteiger partial charge in [0.05, 0.1) is 50.5 Å². The molecule has 2 fully saturated rings. The van der Waals surface area contributed by atoms with Crippen molar-refractivity contribution in [1.29, 1.82) is 0 Å². The highest BCUT2D eigenvalue weighted by Gasteiger charge is 2.34. The molecule has 0 saturated heterocycles. The minimum Gasteiger partial charge on any atom is -0.497 e. The Kier molecular flexibility index (Phi) is 10.1. The topological polar surface area (TPSA) is 148 Å². The summed E-state index contributed by atoms with van der Waals surface area (Å²) in [6.07, 6.45) is 8.44. The predicted molar refractivity (Wildman–Crippen MR) is 183 cm³/mol. The predicted octanol–water partition coefficient (Wildman–Crippen LogP) is 4.92. The number of aromatic nitrogens is 4. The van der Waals surface area contributed by atoms with Crippen LogP contribution in [0.4, 0.5) is 16.2 Å². The second-order valence-corrected chi connectivity index (χ2v) is 12.8. The number of ether oxygens (including phenoxy) is 4. The standard InChI is InChI=1S/C34H42ClN7O6/c1-40(17-21-8-9-24(46-3)14-29(21)47-4)27-15-30(35)39-32-31(27)37-19-42(32)34(44)38-26-10-11-28(26)48-18-20-12-25(36)33(43)41(16-20)22-6-5-7-23(13-22)45-2/h8-9,12,14-16,19,22-23,26,28H,5-7,10-11,13,17-18,36H2,1-4H3,(H,38,44)/t22?,23?,26-,28-/m1/s1. The summed E-state index contributed by atoms with van der Waals surface area (Å²) in [5.41, 5.74) is 9.47. The summed E-state index contributed by atoms with van der Waals surface area (Å²) in [5, 5.41) is 3.30. The molecule has 3 aromatic heterocycles. The van der Waals surface area contributed by atoms with E-state index in [1.165, 1.54) is 10.9 Å². The minimum atomic E-state index is -0.376. The normalized spacial score (nSPS) is 20.7. The maximum Gasteiger partial charge on any atom is 0.328 e. The smallest absolute Gasteiger partial charge is 0.328 e. The number of halogens is 1. The van der Waals surface area contributed by atoms with Gasteiger partial charge in [-0.25, -0.2) is 19.3 Å². The van der Waals surface area contributed by atoms with Gasteiger partial charge in [-0.2, -0.15) is 0 Å². The third-order valence-corrected chi connectivity index (χ3v) is 9.62. The van der Waals surface area contributed by atoms with Gasteiger partial charge in [-0.05, 0) is 62.3 Å². The Hall–Kier alpha value is -4.33. The van der Waals surface area contributed by atoms with Gasteiger partial charge in [0.2, 0.25) is 0 Å². The third kappa shape index (κ3) is 6.94. The van der Waals surface area contributed by atoms with Gasteiger partial charge in [0.25, 0.3) is 5.56 Å². The van der Waals surface area contributed by atoms with Crippen LogP contribution in [0, 0.1) is 0 Å². The number of amides is 1. The van der Waals surface area contributed by atoms with Crippen LogP contribution in [0.15, 0.2) is 47.7 Å². The summed E-state index contributed by atoms with van der Waals surface area (Å²) in [5.74, 6) is 1.39. The average Bonchev–Trinajstić information content (AvgIpc) is 3.51. The summed E-state index contributed by atoms with van der Waals surface area (Å²) < 4.78 is 25.8. The third-order valence-electron chi connectivity index (χ3n) is 9.42. The fraction of sp³-hybridized carbons (Fsp3) is 0.471. The lowest BCUT2D eigenvalue weighted by atomic mass is 9.89. The van der Waals surface area contributed by atoms with E-state index in [-0.39, 0.29) is 53.3 Å². The molecule has 4 atom stereocenters. The van der Waals surface area contributed by atoms with Gasteiger partial charge in [0, 0.05) is 50.6 Å². The van der Waals surface area contributed by atoms with E-state index in [0.717, 1.165) is 49.7 Å². The van der Waals surface area contributed by atoms with Crippen LogP contribution in [-0.2, 0) is 22.6 Å². The number of nitrogens with one attached hydrogen (secondary N) is 1. The van der Waals surface area contributed by atoms with Crippen LogP contribution in [0.5, 0.6) is 11.5 Å². The van der Waals surface area contributed by atoms with E-state index in [0.29, 0.717) is 34.9 Å². The van der Waals surface area contributed by atoms with Crippen LogP contribution in [0.1, 0.15) is 55.7 Å². The van der Waals surface area contributed by atoms with Crippen LogP contribution < -0.4 is 31.0 Å². The van der Waals surface area contributed by atoms with E-state index < -0.39 is 0 Å². The number of carbonyl (C=O) groups is 1. The van der Waals surface area contributed by atoms with Crippen molar-refractivity contribution in [3.8, 4) is 11.5 Å². The highest BCUT2D eigenvalue weighted by molar-refractivity contribution is 6.30. The lowest BCUT2D eigenvalue weighted by Crippen LogP contribution is -2.52. The highest BCUT2D eigenvalue weighted by atomic mass is 35.5. The fourth-order valence-electron chi connectivity index (χ4n) is 6.59. The molecule has 2 aliphatic carbocycles. The Morgan fingerprint density at radius 2 is 1.96 bits per heavy atom. The van der Waals surface area contributed by atoms with Gasteiger partial charge in [-0.3, -0.25) is 4.79 Å². The number of imidazole rings is 1. The Bertz CT molecular complexity index is 1840. The Morgan fingerprint density at radius 3 is 2.69 bits per heavy atom. The SMILES string of the molecule is COc1ccc(CN(C)c2cc(Cl)nc3c2ncn3C(=O)N[C@@H]2CC[C@H]2OCc2cc(N)c(=O)n(C3CCCC(OC)C3)c2)c(OC)c1. The zero-order valence-corrected chi connectivity index (χ0v) is 28.4. The van der Waals surface area contributed by atoms with Crippen LogP contribution in [0.2, 0.25) is 5.15 Å². The maximum atomic E-state index is 13.5. The lowest BCUT2D eigenvalue weighted by Gasteiger charge is -2.37. The monoisotopic (exact) mass is 679 g/mol. The molecule has 256 valence electrons. The summed E-state index contributed by atoms with van der Waals surface area (Å²) in [6, 6.07) is 8.50. The Labute approximate surface area is 283 Å². The number of carbonyl (C=O) groups excluding carboxylic acids is 1. The van der Waals surface area contributed by atoms with Crippen molar-refractivity contribution in [3.05, 3.63) is 69.5 Å².